The van der Waals surface area contributed by atoms with Crippen molar-refractivity contribution in [3.63, 3.8) is 0 Å². The fourth-order valence-electron chi connectivity index (χ4n) is 1.23. The van der Waals surface area contributed by atoms with Gasteiger partial charge >= 0.3 is 0 Å². The summed E-state index contributed by atoms with van der Waals surface area (Å²) in [7, 11) is 0. The Morgan fingerprint density at radius 3 is 3.08 bits per heavy atom. The second-order valence-electron chi connectivity index (χ2n) is 2.95. The minimum Gasteiger partial charge on any atom is -0.317 e. The van der Waals surface area contributed by atoms with Crippen LogP contribution in [0.2, 0.25) is 0 Å². The Balaban J connectivity index is 2.26. The topological polar surface area (TPSA) is 12.0 Å². The van der Waals surface area contributed by atoms with Crippen LogP contribution in [0.1, 0.15) is 19.8 Å². The summed E-state index contributed by atoms with van der Waals surface area (Å²) in [6.45, 7) is 4.31. The van der Waals surface area contributed by atoms with E-state index < -0.39 is 0 Å². The Labute approximate surface area is 74.9 Å². The van der Waals surface area contributed by atoms with Gasteiger partial charge in [-0.2, -0.15) is 0 Å². The number of hydrogen-bond donors (Lipinski definition) is 1. The van der Waals surface area contributed by atoms with E-state index in [-0.39, 0.29) is 0 Å². The van der Waals surface area contributed by atoms with Gasteiger partial charge in [0.25, 0.3) is 0 Å². The van der Waals surface area contributed by atoms with Crippen LogP contribution in [-0.4, -0.2) is 13.1 Å². The zero-order valence-electron chi connectivity index (χ0n) is 7.72. The molecule has 0 radical (unpaired) electrons. The van der Waals surface area contributed by atoms with Crippen LogP contribution in [0.4, 0.5) is 0 Å². The predicted octanol–water partition coefficient (Wildman–Crippen LogP) is 2.43. The van der Waals surface area contributed by atoms with Crippen molar-refractivity contribution in [3.05, 3.63) is 36.0 Å². The fourth-order valence-corrected chi connectivity index (χ4v) is 1.23. The Hall–Kier alpha value is -0.820. The highest BCUT2D eigenvalue weighted by molar-refractivity contribution is 5.23. The molecule has 0 aromatic rings. The Bertz CT molecular complexity index is 199. The van der Waals surface area contributed by atoms with Crippen molar-refractivity contribution in [1.82, 2.24) is 5.32 Å². The van der Waals surface area contributed by atoms with Gasteiger partial charge in [0.05, 0.1) is 0 Å². The van der Waals surface area contributed by atoms with E-state index in [0.29, 0.717) is 0 Å². The molecular formula is C11H17N. The highest BCUT2D eigenvalue weighted by atomic mass is 14.8. The van der Waals surface area contributed by atoms with Gasteiger partial charge in [0.2, 0.25) is 0 Å². The number of hydrogen-bond acceptors (Lipinski definition) is 1. The molecule has 0 saturated heterocycles. The van der Waals surface area contributed by atoms with Gasteiger partial charge in [0, 0.05) is 0 Å². The molecule has 1 N–H and O–H groups in total. The lowest BCUT2D eigenvalue weighted by Crippen LogP contribution is -2.14. The summed E-state index contributed by atoms with van der Waals surface area (Å²) in [5, 5.41) is 3.33. The molecule has 1 aliphatic rings. The van der Waals surface area contributed by atoms with Crippen LogP contribution < -0.4 is 5.32 Å². The van der Waals surface area contributed by atoms with E-state index >= 15 is 0 Å². The summed E-state index contributed by atoms with van der Waals surface area (Å²) >= 11 is 0. The van der Waals surface area contributed by atoms with Crippen LogP contribution in [0.25, 0.3) is 0 Å². The molecule has 0 amide bonds. The number of rotatable bonds is 4. The summed E-state index contributed by atoms with van der Waals surface area (Å²) in [5.41, 5.74) is 1.51. The molecule has 1 heteroatoms. The molecule has 66 valence electrons. The zero-order chi connectivity index (χ0) is 8.65. The smallest absolute Gasteiger partial charge is 0.00115 e. The molecule has 1 rings (SSSR count). The molecule has 0 unspecified atom stereocenters. The van der Waals surface area contributed by atoms with E-state index in [1.165, 1.54) is 12.0 Å². The van der Waals surface area contributed by atoms with Crippen LogP contribution in [0, 0.1) is 0 Å². The summed E-state index contributed by atoms with van der Waals surface area (Å²) < 4.78 is 0. The third-order valence-electron chi connectivity index (χ3n) is 1.94. The predicted molar refractivity (Wildman–Crippen MR) is 54.1 cm³/mol. The highest BCUT2D eigenvalue weighted by Gasteiger charge is 1.94. The molecule has 0 bridgehead atoms. The average molecular weight is 163 g/mol. The first kappa shape index (κ1) is 9.27. The summed E-state index contributed by atoms with van der Waals surface area (Å²) in [4.78, 5) is 0. The first-order valence-electron chi connectivity index (χ1n) is 4.65. The zero-order valence-corrected chi connectivity index (χ0v) is 7.72. The maximum Gasteiger partial charge on any atom is -0.00115 e. The maximum absolute atomic E-state index is 3.33. The van der Waals surface area contributed by atoms with Gasteiger partial charge in [-0.05, 0) is 25.9 Å². The van der Waals surface area contributed by atoms with E-state index in [4.69, 9.17) is 0 Å². The SMILES string of the molecule is CCNCCC1=CC=CC=CC1. The molecule has 0 aliphatic heterocycles. The summed E-state index contributed by atoms with van der Waals surface area (Å²) in [6, 6.07) is 0. The molecule has 12 heavy (non-hydrogen) atoms. The van der Waals surface area contributed by atoms with Crippen LogP contribution in [0.15, 0.2) is 36.0 Å². The van der Waals surface area contributed by atoms with E-state index in [0.717, 1.165) is 19.5 Å². The van der Waals surface area contributed by atoms with E-state index in [1.807, 2.05) is 0 Å². The van der Waals surface area contributed by atoms with Gasteiger partial charge in [-0.15, -0.1) is 0 Å². The monoisotopic (exact) mass is 163 g/mol. The molecule has 1 nitrogen and oxygen atoms in total. The normalized spacial score (nSPS) is 15.9. The second-order valence-corrected chi connectivity index (χ2v) is 2.95. The fraction of sp³-hybridized carbons (Fsp3) is 0.455. The maximum atomic E-state index is 3.33. The molecule has 0 fully saturated rings. The Kier molecular flexibility index (Phi) is 4.47. The lowest BCUT2D eigenvalue weighted by Gasteiger charge is -2.03. The van der Waals surface area contributed by atoms with Gasteiger partial charge in [0.1, 0.15) is 0 Å². The molecule has 0 heterocycles. The Morgan fingerprint density at radius 2 is 2.25 bits per heavy atom. The first-order valence-corrected chi connectivity index (χ1v) is 4.65. The summed E-state index contributed by atoms with van der Waals surface area (Å²) in [5.74, 6) is 0. The molecule has 0 spiro atoms. The van der Waals surface area contributed by atoms with Crippen molar-refractivity contribution in [2.24, 2.45) is 0 Å². The van der Waals surface area contributed by atoms with Gasteiger partial charge in [-0.3, -0.25) is 0 Å². The second kappa shape index (κ2) is 5.78. The van der Waals surface area contributed by atoms with Crippen molar-refractivity contribution >= 4 is 0 Å². The van der Waals surface area contributed by atoms with Crippen molar-refractivity contribution < 1.29 is 0 Å². The van der Waals surface area contributed by atoms with E-state index in [2.05, 4.69) is 42.6 Å². The molecule has 1 aliphatic carbocycles. The first-order chi connectivity index (χ1) is 5.93. The largest absolute Gasteiger partial charge is 0.317 e. The molecule has 0 aromatic heterocycles. The molecule has 0 aromatic carbocycles. The van der Waals surface area contributed by atoms with Crippen molar-refractivity contribution in [2.45, 2.75) is 19.8 Å². The van der Waals surface area contributed by atoms with E-state index in [1.54, 1.807) is 0 Å². The molecule has 0 saturated carbocycles. The molecule has 0 atom stereocenters. The quantitative estimate of drug-likeness (QED) is 0.628. The third-order valence-corrected chi connectivity index (χ3v) is 1.94. The van der Waals surface area contributed by atoms with Gasteiger partial charge in [-0.25, -0.2) is 0 Å². The minimum atomic E-state index is 1.07. The van der Waals surface area contributed by atoms with Crippen LogP contribution in [0.3, 0.4) is 0 Å². The standard InChI is InChI=1S/C11H17N/c1-2-12-10-9-11-7-5-3-4-6-8-11/h3-7,12H,2,8-10H2,1H3. The van der Waals surface area contributed by atoms with Crippen molar-refractivity contribution in [3.8, 4) is 0 Å². The minimum absolute atomic E-state index is 1.07. The van der Waals surface area contributed by atoms with Crippen LogP contribution in [-0.2, 0) is 0 Å². The van der Waals surface area contributed by atoms with Gasteiger partial charge in [0.15, 0.2) is 0 Å². The van der Waals surface area contributed by atoms with Crippen molar-refractivity contribution in [2.75, 3.05) is 13.1 Å². The van der Waals surface area contributed by atoms with Crippen LogP contribution in [0.5, 0.6) is 0 Å². The highest BCUT2D eigenvalue weighted by Crippen LogP contribution is 2.09. The lowest BCUT2D eigenvalue weighted by atomic mass is 10.1. The lowest BCUT2D eigenvalue weighted by molar-refractivity contribution is 0.708. The average Bonchev–Trinajstić information content (AvgIpc) is 2.33. The summed E-state index contributed by atoms with van der Waals surface area (Å²) in [6.07, 6.45) is 13.0. The van der Waals surface area contributed by atoms with Gasteiger partial charge in [-0.1, -0.05) is 42.9 Å². The number of nitrogens with one attached hydrogen (secondary N) is 1. The Morgan fingerprint density at radius 1 is 1.33 bits per heavy atom. The number of allylic oxidation sites excluding steroid dienone is 5. The molecular weight excluding hydrogens is 146 g/mol. The third kappa shape index (κ3) is 3.54. The van der Waals surface area contributed by atoms with E-state index in [9.17, 15) is 0 Å². The van der Waals surface area contributed by atoms with Crippen LogP contribution >= 0.6 is 0 Å². The van der Waals surface area contributed by atoms with Gasteiger partial charge < -0.3 is 5.32 Å². The van der Waals surface area contributed by atoms with Crippen molar-refractivity contribution in [1.29, 1.82) is 0 Å².